The molecule has 6 nitrogen and oxygen atoms in total. The van der Waals surface area contributed by atoms with Crippen LogP contribution in [0.3, 0.4) is 0 Å². The van der Waals surface area contributed by atoms with Gasteiger partial charge in [-0.1, -0.05) is 41.9 Å². The summed E-state index contributed by atoms with van der Waals surface area (Å²) in [4.78, 5) is 12.3. The third-order valence-electron chi connectivity index (χ3n) is 4.41. The van der Waals surface area contributed by atoms with Crippen LogP contribution in [-0.2, 0) is 20.2 Å². The van der Waals surface area contributed by atoms with Crippen LogP contribution in [0.2, 0.25) is 5.02 Å². The van der Waals surface area contributed by atoms with Crippen molar-refractivity contribution in [3.05, 3.63) is 83.0 Å². The van der Waals surface area contributed by atoms with Crippen LogP contribution in [0.25, 0.3) is 10.8 Å². The van der Waals surface area contributed by atoms with E-state index in [9.17, 15) is 4.79 Å². The molecule has 0 bridgehead atoms. The van der Waals surface area contributed by atoms with Crippen LogP contribution in [0.1, 0.15) is 22.0 Å². The maximum atomic E-state index is 12.3. The Hall–Kier alpha value is -3.25. The third-order valence-corrected chi connectivity index (χ3v) is 4.73. The fraction of sp³-hybridized carbons (Fsp3) is 0.143. The Morgan fingerprint density at radius 3 is 2.79 bits per heavy atom. The van der Waals surface area contributed by atoms with Gasteiger partial charge in [0.25, 0.3) is 5.91 Å². The van der Waals surface area contributed by atoms with Crippen molar-refractivity contribution < 1.29 is 13.9 Å². The van der Waals surface area contributed by atoms with E-state index in [0.717, 1.165) is 22.2 Å². The number of aromatic nitrogens is 2. The molecule has 142 valence electrons. The number of ether oxygens (including phenoxy) is 1. The molecule has 4 rings (SSSR count). The Labute approximate surface area is 166 Å². The molecule has 0 radical (unpaired) electrons. The Bertz CT molecular complexity index is 1110. The second kappa shape index (κ2) is 7.78. The minimum absolute atomic E-state index is 0.218. The minimum atomic E-state index is -0.325. The van der Waals surface area contributed by atoms with Crippen molar-refractivity contribution in [3.8, 4) is 5.75 Å². The molecule has 2 aromatic heterocycles. The number of hydrogen-bond acceptors (Lipinski definition) is 4. The van der Waals surface area contributed by atoms with Crippen molar-refractivity contribution in [1.82, 2.24) is 15.1 Å². The predicted molar refractivity (Wildman–Crippen MR) is 106 cm³/mol. The highest BCUT2D eigenvalue weighted by Crippen LogP contribution is 2.22. The molecule has 0 atom stereocenters. The fourth-order valence-electron chi connectivity index (χ4n) is 2.88. The van der Waals surface area contributed by atoms with Crippen molar-refractivity contribution in [3.63, 3.8) is 0 Å². The summed E-state index contributed by atoms with van der Waals surface area (Å²) < 4.78 is 13.0. The number of halogens is 1. The van der Waals surface area contributed by atoms with Crippen LogP contribution >= 0.6 is 11.6 Å². The summed E-state index contributed by atoms with van der Waals surface area (Å²) in [5.41, 5.74) is 0.724. The third kappa shape index (κ3) is 3.87. The summed E-state index contributed by atoms with van der Waals surface area (Å²) in [6.07, 6.45) is 1.54. The summed E-state index contributed by atoms with van der Waals surface area (Å²) in [5, 5.41) is 9.57. The zero-order valence-electron chi connectivity index (χ0n) is 15.2. The summed E-state index contributed by atoms with van der Waals surface area (Å²) in [6, 6.07) is 17.3. The van der Waals surface area contributed by atoms with E-state index >= 15 is 0 Å². The lowest BCUT2D eigenvalue weighted by Gasteiger charge is -2.06. The van der Waals surface area contributed by atoms with Crippen LogP contribution < -0.4 is 10.1 Å². The second-order valence-corrected chi connectivity index (χ2v) is 6.72. The van der Waals surface area contributed by atoms with E-state index in [0.29, 0.717) is 10.8 Å². The van der Waals surface area contributed by atoms with Gasteiger partial charge in [0, 0.05) is 7.05 Å². The lowest BCUT2D eigenvalue weighted by atomic mass is 10.1. The van der Waals surface area contributed by atoms with Gasteiger partial charge in [0.1, 0.15) is 18.1 Å². The molecule has 0 unspecified atom stereocenters. The van der Waals surface area contributed by atoms with Crippen molar-refractivity contribution in [2.45, 2.75) is 13.2 Å². The molecular weight excluding hydrogens is 378 g/mol. The number of fused-ring (bicyclic) bond motifs is 1. The summed E-state index contributed by atoms with van der Waals surface area (Å²) in [5.74, 6) is 1.20. The van der Waals surface area contributed by atoms with E-state index in [1.807, 2.05) is 36.4 Å². The van der Waals surface area contributed by atoms with Gasteiger partial charge in [-0.25, -0.2) is 0 Å². The van der Waals surface area contributed by atoms with E-state index in [4.69, 9.17) is 20.8 Å². The molecule has 0 saturated carbocycles. The van der Waals surface area contributed by atoms with Crippen LogP contribution in [0.15, 0.2) is 65.2 Å². The fourth-order valence-corrected chi connectivity index (χ4v) is 3.11. The average molecular weight is 396 g/mol. The highest BCUT2D eigenvalue weighted by molar-refractivity contribution is 6.31. The van der Waals surface area contributed by atoms with Crippen LogP contribution in [0, 0.1) is 0 Å². The van der Waals surface area contributed by atoms with E-state index < -0.39 is 0 Å². The first-order valence-electron chi connectivity index (χ1n) is 8.75. The molecule has 0 aliphatic carbocycles. The van der Waals surface area contributed by atoms with Crippen LogP contribution in [-0.4, -0.2) is 15.7 Å². The molecule has 0 aliphatic heterocycles. The van der Waals surface area contributed by atoms with Gasteiger partial charge in [0.15, 0.2) is 5.76 Å². The van der Waals surface area contributed by atoms with Crippen molar-refractivity contribution in [1.29, 1.82) is 0 Å². The largest absolute Gasteiger partial charge is 0.486 e. The van der Waals surface area contributed by atoms with E-state index in [2.05, 4.69) is 16.5 Å². The molecule has 1 N–H and O–H groups in total. The molecular formula is C21H18ClN3O3. The molecule has 2 aromatic carbocycles. The topological polar surface area (TPSA) is 69.3 Å². The van der Waals surface area contributed by atoms with Crippen LogP contribution in [0.4, 0.5) is 0 Å². The number of furan rings is 1. The summed E-state index contributed by atoms with van der Waals surface area (Å²) >= 11 is 6.04. The number of carbonyl (C=O) groups excluding carboxylic acids is 1. The van der Waals surface area contributed by atoms with Gasteiger partial charge >= 0.3 is 0 Å². The van der Waals surface area contributed by atoms with Gasteiger partial charge in [-0.3, -0.25) is 9.48 Å². The Morgan fingerprint density at radius 2 is 2.00 bits per heavy atom. The SMILES string of the molecule is Cn1ncc(Cl)c1CNC(=O)c1ccc(COc2ccc3ccccc3c2)o1. The number of amides is 1. The van der Waals surface area contributed by atoms with Gasteiger partial charge in [-0.05, 0) is 35.0 Å². The molecule has 7 heteroatoms. The first-order valence-corrected chi connectivity index (χ1v) is 9.13. The van der Waals surface area contributed by atoms with Gasteiger partial charge < -0.3 is 14.5 Å². The molecule has 1 amide bonds. The molecule has 2 heterocycles. The molecule has 0 spiro atoms. The Kier molecular flexibility index (Phi) is 5.04. The van der Waals surface area contributed by atoms with Crippen molar-refractivity contribution in [2.75, 3.05) is 0 Å². The minimum Gasteiger partial charge on any atom is -0.486 e. The van der Waals surface area contributed by atoms with Gasteiger partial charge in [-0.15, -0.1) is 0 Å². The number of benzene rings is 2. The number of aryl methyl sites for hydroxylation is 1. The predicted octanol–water partition coefficient (Wildman–Crippen LogP) is 4.33. The lowest BCUT2D eigenvalue weighted by molar-refractivity contribution is 0.0918. The Morgan fingerprint density at radius 1 is 1.18 bits per heavy atom. The van der Waals surface area contributed by atoms with Gasteiger partial charge in [-0.2, -0.15) is 5.10 Å². The van der Waals surface area contributed by atoms with Gasteiger partial charge in [0.2, 0.25) is 0 Å². The summed E-state index contributed by atoms with van der Waals surface area (Å²) in [6.45, 7) is 0.497. The molecule has 0 fully saturated rings. The van der Waals surface area contributed by atoms with Crippen molar-refractivity contribution in [2.24, 2.45) is 7.05 Å². The van der Waals surface area contributed by atoms with E-state index in [1.165, 1.54) is 6.20 Å². The first kappa shape index (κ1) is 18.1. The quantitative estimate of drug-likeness (QED) is 0.527. The molecule has 4 aromatic rings. The maximum absolute atomic E-state index is 12.3. The number of nitrogens with one attached hydrogen (secondary N) is 1. The highest BCUT2D eigenvalue weighted by Gasteiger charge is 2.13. The van der Waals surface area contributed by atoms with Gasteiger partial charge in [0.05, 0.1) is 23.5 Å². The zero-order chi connectivity index (χ0) is 19.5. The molecule has 0 aliphatic rings. The van der Waals surface area contributed by atoms with Crippen LogP contribution in [0.5, 0.6) is 5.75 Å². The monoisotopic (exact) mass is 395 g/mol. The second-order valence-electron chi connectivity index (χ2n) is 6.31. The molecule has 28 heavy (non-hydrogen) atoms. The normalized spacial score (nSPS) is 10.9. The first-order chi connectivity index (χ1) is 13.6. The summed E-state index contributed by atoms with van der Waals surface area (Å²) in [7, 11) is 1.77. The zero-order valence-corrected chi connectivity index (χ0v) is 15.9. The highest BCUT2D eigenvalue weighted by atomic mass is 35.5. The average Bonchev–Trinajstić information content (AvgIpc) is 3.31. The Balaban J connectivity index is 1.36. The molecule has 0 saturated heterocycles. The van der Waals surface area contributed by atoms with E-state index in [1.54, 1.807) is 23.9 Å². The number of rotatable bonds is 6. The standard InChI is InChI=1S/C21H18ClN3O3/c1-25-19(18(22)11-24-25)12-23-21(26)20-9-8-17(28-20)13-27-16-7-6-14-4-2-3-5-15(14)10-16/h2-11H,12-13H2,1H3,(H,23,26). The number of nitrogens with zero attached hydrogens (tertiary/aromatic N) is 2. The smallest absolute Gasteiger partial charge is 0.287 e. The number of carbonyl (C=O) groups is 1. The van der Waals surface area contributed by atoms with E-state index in [-0.39, 0.29) is 24.8 Å². The number of hydrogen-bond donors (Lipinski definition) is 1. The van der Waals surface area contributed by atoms with Crippen molar-refractivity contribution >= 4 is 28.3 Å². The lowest BCUT2D eigenvalue weighted by Crippen LogP contribution is -2.23. The maximum Gasteiger partial charge on any atom is 0.287 e.